The van der Waals surface area contributed by atoms with Gasteiger partial charge >= 0.3 is 0 Å². The Morgan fingerprint density at radius 1 is 0.341 bits per heavy atom. The monoisotopic (exact) mass is 656 g/mol. The normalized spacial score (nSPS) is 11.1. The van der Waals surface area contributed by atoms with E-state index in [2.05, 4.69) is 24.3 Å². The maximum atomic E-state index is 8.97. The van der Waals surface area contributed by atoms with Crippen LogP contribution >= 0.6 is 23.2 Å². The van der Waals surface area contributed by atoms with Crippen molar-refractivity contribution in [1.29, 1.82) is 0 Å². The number of benzene rings is 2. The minimum atomic E-state index is 0.175. The molecule has 8 heteroatoms. The Hall–Kier alpha value is -1.22. The predicted molar refractivity (Wildman–Crippen MR) is 183 cm³/mol. The van der Waals surface area contributed by atoms with Gasteiger partial charge < -0.3 is 30.6 Å². The van der Waals surface area contributed by atoms with Crippen LogP contribution in [0.4, 0.5) is 0 Å². The molecule has 44 heavy (non-hydrogen) atoms. The number of aliphatic hydroxyl groups excluding tert-OH is 6. The zero-order valence-corrected chi connectivity index (χ0v) is 28.2. The molecule has 6 N–H and O–H groups in total. The fourth-order valence-corrected chi connectivity index (χ4v) is 5.99. The second kappa shape index (κ2) is 26.9. The molecule has 0 aliphatic heterocycles. The van der Waals surface area contributed by atoms with E-state index < -0.39 is 0 Å². The molecule has 0 spiro atoms. The lowest BCUT2D eigenvalue weighted by molar-refractivity contribution is 0.284. The molecule has 0 amide bonds. The second-order valence-corrected chi connectivity index (χ2v) is 12.3. The third-order valence-electron chi connectivity index (χ3n) is 7.72. The molecule has 0 heterocycles. The first-order valence-corrected chi connectivity index (χ1v) is 17.5. The fourth-order valence-electron chi connectivity index (χ4n) is 5.27. The summed E-state index contributed by atoms with van der Waals surface area (Å²) in [6.45, 7) is 1.35. The number of aliphatic hydroxyl groups is 6. The zero-order chi connectivity index (χ0) is 32.4. The molecule has 2 aromatic rings. The number of halogens is 2. The largest absolute Gasteiger partial charge is 0.396 e. The number of aryl methyl sites for hydroxylation is 5. The summed E-state index contributed by atoms with van der Waals surface area (Å²) >= 11 is 13.1. The quantitative estimate of drug-likeness (QED) is 0.0711. The van der Waals surface area contributed by atoms with Crippen molar-refractivity contribution in [3.05, 3.63) is 67.7 Å². The molecular weight excluding hydrogens is 599 g/mol. The van der Waals surface area contributed by atoms with Crippen molar-refractivity contribution in [2.45, 2.75) is 116 Å². The van der Waals surface area contributed by atoms with Crippen molar-refractivity contribution in [2.24, 2.45) is 0 Å². The Morgan fingerprint density at radius 3 is 0.909 bits per heavy atom. The summed E-state index contributed by atoms with van der Waals surface area (Å²) < 4.78 is 0. The summed E-state index contributed by atoms with van der Waals surface area (Å²) in [7, 11) is 0. The molecule has 0 aliphatic carbocycles. The minimum Gasteiger partial charge on any atom is -0.396 e. The number of unbranched alkanes of at least 4 members (excludes halogenated alkanes) is 6. The SMILES string of the molecule is OCCCCc1cc(CCCCO)c(Cl)c(CCCCO)c1Cl.OCCCCc1cc(CCCCO)cc(CCCCO)c1. The molecule has 0 fully saturated rings. The molecule has 6 nitrogen and oxygen atoms in total. The molecule has 0 aromatic heterocycles. The van der Waals surface area contributed by atoms with E-state index in [0.717, 1.165) is 142 Å². The highest BCUT2D eigenvalue weighted by atomic mass is 35.5. The lowest BCUT2D eigenvalue weighted by Crippen LogP contribution is -2.01. The molecule has 2 rings (SSSR count). The zero-order valence-electron chi connectivity index (χ0n) is 26.7. The van der Waals surface area contributed by atoms with Crippen molar-refractivity contribution >= 4 is 23.2 Å². The number of hydrogen-bond donors (Lipinski definition) is 6. The third-order valence-corrected chi connectivity index (χ3v) is 8.66. The summed E-state index contributed by atoms with van der Waals surface area (Å²) in [4.78, 5) is 0. The van der Waals surface area contributed by atoms with E-state index in [1.165, 1.54) is 16.7 Å². The van der Waals surface area contributed by atoms with Gasteiger partial charge in [-0.15, -0.1) is 0 Å². The number of hydrogen-bond acceptors (Lipinski definition) is 6. The molecule has 0 aliphatic rings. The van der Waals surface area contributed by atoms with Crippen LogP contribution in [0, 0.1) is 0 Å². The molecular formula is C36H58Cl2O6. The van der Waals surface area contributed by atoms with E-state index in [9.17, 15) is 0 Å². The highest BCUT2D eigenvalue weighted by Gasteiger charge is 2.15. The summed E-state index contributed by atoms with van der Waals surface area (Å²) in [6.07, 6.45) is 16.0. The second-order valence-electron chi connectivity index (χ2n) is 11.5. The minimum absolute atomic E-state index is 0.175. The van der Waals surface area contributed by atoms with Crippen LogP contribution in [-0.4, -0.2) is 70.3 Å². The summed E-state index contributed by atoms with van der Waals surface area (Å²) in [6, 6.07) is 8.88. The lowest BCUT2D eigenvalue weighted by Gasteiger charge is -2.16. The molecule has 252 valence electrons. The molecule has 0 unspecified atom stereocenters. The first-order valence-electron chi connectivity index (χ1n) is 16.7. The number of rotatable bonds is 24. The van der Waals surface area contributed by atoms with Gasteiger partial charge in [0.15, 0.2) is 0 Å². The van der Waals surface area contributed by atoms with E-state index in [1.54, 1.807) is 0 Å². The average Bonchev–Trinajstić information content (AvgIpc) is 3.02. The van der Waals surface area contributed by atoms with Crippen LogP contribution in [0.25, 0.3) is 0 Å². The Bertz CT molecular complexity index is 897. The van der Waals surface area contributed by atoms with Gasteiger partial charge in [0, 0.05) is 49.7 Å². The van der Waals surface area contributed by atoms with Crippen LogP contribution in [0.2, 0.25) is 10.0 Å². The summed E-state index contributed by atoms with van der Waals surface area (Å²) in [5.74, 6) is 0. The standard InChI is InChI=1S/C18H28Cl2O3.C18H30O3/c19-17-14(7-1-4-10-21)13-15(8-2-5-11-22)18(20)16(17)9-3-6-12-23;19-10-4-1-7-16-13-17(8-2-5-11-20)15-18(14-16)9-3-6-12-21/h13,21-23H,1-12H2;13-15,19-21H,1-12H2. The molecule has 0 saturated carbocycles. The van der Waals surface area contributed by atoms with Gasteiger partial charge in [0.1, 0.15) is 0 Å². The Balaban J connectivity index is 0.000000442. The fraction of sp³-hybridized carbons (Fsp3) is 0.667. The van der Waals surface area contributed by atoms with Gasteiger partial charge in [-0.2, -0.15) is 0 Å². The van der Waals surface area contributed by atoms with Gasteiger partial charge in [-0.05, 0) is 149 Å². The molecule has 0 bridgehead atoms. The van der Waals surface area contributed by atoms with Crippen molar-refractivity contribution in [1.82, 2.24) is 0 Å². The first-order chi connectivity index (χ1) is 21.4. The molecule has 2 aromatic carbocycles. The molecule has 0 saturated heterocycles. The van der Waals surface area contributed by atoms with Crippen molar-refractivity contribution in [3.63, 3.8) is 0 Å². The van der Waals surface area contributed by atoms with E-state index >= 15 is 0 Å². The Morgan fingerprint density at radius 2 is 0.614 bits per heavy atom. The van der Waals surface area contributed by atoms with E-state index in [4.69, 9.17) is 53.8 Å². The van der Waals surface area contributed by atoms with Crippen LogP contribution in [0.1, 0.15) is 110 Å². The van der Waals surface area contributed by atoms with Crippen LogP contribution in [0.3, 0.4) is 0 Å². The Kier molecular flexibility index (Phi) is 25.0. The van der Waals surface area contributed by atoms with Gasteiger partial charge in [-0.25, -0.2) is 0 Å². The molecule has 0 atom stereocenters. The summed E-state index contributed by atoms with van der Waals surface area (Å²) in [5.41, 5.74) is 7.20. The predicted octanol–water partition coefficient (Wildman–Crippen LogP) is 6.57. The van der Waals surface area contributed by atoms with Gasteiger partial charge in [0.25, 0.3) is 0 Å². The van der Waals surface area contributed by atoms with Crippen LogP contribution in [-0.2, 0) is 38.5 Å². The highest BCUT2D eigenvalue weighted by molar-refractivity contribution is 6.37. The van der Waals surface area contributed by atoms with Crippen molar-refractivity contribution < 1.29 is 30.6 Å². The average molecular weight is 658 g/mol. The Labute approximate surface area is 276 Å². The highest BCUT2D eigenvalue weighted by Crippen LogP contribution is 2.34. The van der Waals surface area contributed by atoms with Crippen LogP contribution in [0.5, 0.6) is 0 Å². The topological polar surface area (TPSA) is 121 Å². The maximum absolute atomic E-state index is 8.97. The summed E-state index contributed by atoms with van der Waals surface area (Å²) in [5, 5.41) is 55.0. The first kappa shape index (κ1) is 40.8. The van der Waals surface area contributed by atoms with Gasteiger partial charge in [0.2, 0.25) is 0 Å². The van der Waals surface area contributed by atoms with E-state index in [-0.39, 0.29) is 39.6 Å². The third kappa shape index (κ3) is 17.5. The van der Waals surface area contributed by atoms with Crippen LogP contribution in [0.15, 0.2) is 24.3 Å². The van der Waals surface area contributed by atoms with E-state index in [1.807, 2.05) is 0 Å². The molecule has 0 radical (unpaired) electrons. The smallest absolute Gasteiger partial charge is 0.0485 e. The van der Waals surface area contributed by atoms with E-state index in [0.29, 0.717) is 0 Å². The van der Waals surface area contributed by atoms with Gasteiger partial charge in [0.05, 0.1) is 0 Å². The lowest BCUT2D eigenvalue weighted by atomic mass is 9.96. The van der Waals surface area contributed by atoms with Crippen molar-refractivity contribution in [2.75, 3.05) is 39.6 Å². The van der Waals surface area contributed by atoms with Gasteiger partial charge in [-0.3, -0.25) is 0 Å². The maximum Gasteiger partial charge on any atom is 0.0485 e. The van der Waals surface area contributed by atoms with Crippen molar-refractivity contribution in [3.8, 4) is 0 Å². The van der Waals surface area contributed by atoms with Gasteiger partial charge in [-0.1, -0.05) is 47.5 Å². The van der Waals surface area contributed by atoms with Crippen LogP contribution < -0.4 is 0 Å².